The van der Waals surface area contributed by atoms with Gasteiger partial charge in [0.2, 0.25) is 0 Å². The fraction of sp³-hybridized carbons (Fsp3) is 0.438. The van der Waals surface area contributed by atoms with Crippen LogP contribution in [0.5, 0.6) is 0 Å². The molecule has 0 unspecified atom stereocenters. The molecule has 1 aromatic rings. The van der Waals surface area contributed by atoms with E-state index < -0.39 is 4.92 Å². The largest absolute Gasteiger partial charge is 0.362 e. The van der Waals surface area contributed by atoms with E-state index in [0.717, 1.165) is 29.7 Å². The minimum absolute atomic E-state index is 0.0549. The highest BCUT2D eigenvalue weighted by atomic mass is 16.6. The lowest BCUT2D eigenvalue weighted by atomic mass is 10.1. The highest BCUT2D eigenvalue weighted by molar-refractivity contribution is 5.97. The summed E-state index contributed by atoms with van der Waals surface area (Å²) in [6.45, 7) is 6.58. The predicted molar refractivity (Wildman–Crippen MR) is 85.5 cm³/mol. The average Bonchev–Trinajstić information content (AvgIpc) is 2.70. The van der Waals surface area contributed by atoms with E-state index in [1.54, 1.807) is 12.1 Å². The molecule has 1 aliphatic rings. The Balaban J connectivity index is 2.17. The molecule has 2 rings (SSSR count). The molecule has 0 saturated carbocycles. The van der Waals surface area contributed by atoms with Crippen LogP contribution in [0.4, 0.5) is 11.4 Å². The molecule has 0 fully saturated rings. The number of amides is 1. The number of unbranched alkanes of at least 4 members (excludes halogenated alkanes) is 1. The van der Waals surface area contributed by atoms with Gasteiger partial charge in [-0.2, -0.15) is 0 Å². The predicted octanol–water partition coefficient (Wildman–Crippen LogP) is 3.31. The number of carbonyl (C=O) groups excluding carboxylic acids is 1. The number of nitro groups is 1. The van der Waals surface area contributed by atoms with Crippen molar-refractivity contribution in [3.63, 3.8) is 0 Å². The van der Waals surface area contributed by atoms with Crippen molar-refractivity contribution in [2.75, 3.05) is 11.9 Å². The maximum Gasteiger partial charge on any atom is 0.269 e. The molecule has 0 bridgehead atoms. The van der Waals surface area contributed by atoms with Gasteiger partial charge in [0.05, 0.1) is 4.92 Å². The smallest absolute Gasteiger partial charge is 0.269 e. The molecule has 1 heterocycles. The molecule has 118 valence electrons. The van der Waals surface area contributed by atoms with Crippen molar-refractivity contribution in [3.05, 3.63) is 45.5 Å². The summed E-state index contributed by atoms with van der Waals surface area (Å²) in [4.78, 5) is 24.4. The third-order valence-corrected chi connectivity index (χ3v) is 4.03. The number of non-ortho nitro benzene ring substituents is 1. The van der Waals surface area contributed by atoms with Crippen LogP contribution in [0.2, 0.25) is 0 Å². The van der Waals surface area contributed by atoms with Crippen LogP contribution in [0, 0.1) is 10.1 Å². The van der Waals surface area contributed by atoms with Gasteiger partial charge in [-0.3, -0.25) is 14.9 Å². The number of nitrogens with one attached hydrogen (secondary N) is 1. The van der Waals surface area contributed by atoms with Gasteiger partial charge in [-0.25, -0.2) is 0 Å². The van der Waals surface area contributed by atoms with Crippen molar-refractivity contribution < 1.29 is 9.72 Å². The van der Waals surface area contributed by atoms with Crippen LogP contribution >= 0.6 is 0 Å². The van der Waals surface area contributed by atoms with Gasteiger partial charge in [-0.15, -0.1) is 0 Å². The number of anilines is 1. The fourth-order valence-electron chi connectivity index (χ4n) is 2.52. The normalized spacial score (nSPS) is 18.0. The summed E-state index contributed by atoms with van der Waals surface area (Å²) in [7, 11) is 0. The zero-order valence-corrected chi connectivity index (χ0v) is 13.1. The van der Waals surface area contributed by atoms with E-state index in [2.05, 4.69) is 12.2 Å². The number of hydrogen-bond donors (Lipinski definition) is 1. The molecule has 1 amide bonds. The molecule has 1 atom stereocenters. The van der Waals surface area contributed by atoms with Crippen LogP contribution in [0.1, 0.15) is 33.6 Å². The Kier molecular flexibility index (Phi) is 4.80. The molecule has 6 nitrogen and oxygen atoms in total. The minimum Gasteiger partial charge on any atom is -0.362 e. The number of carbonyl (C=O) groups is 1. The molecule has 0 aliphatic carbocycles. The second-order valence-electron chi connectivity index (χ2n) is 5.51. The van der Waals surface area contributed by atoms with Crippen molar-refractivity contribution in [1.82, 2.24) is 4.90 Å². The fourth-order valence-corrected chi connectivity index (χ4v) is 2.52. The summed E-state index contributed by atoms with van der Waals surface area (Å²) in [5.41, 5.74) is 2.59. The summed E-state index contributed by atoms with van der Waals surface area (Å²) >= 11 is 0. The van der Waals surface area contributed by atoms with Gasteiger partial charge in [0.1, 0.15) is 6.17 Å². The highest BCUT2D eigenvalue weighted by Gasteiger charge is 2.34. The maximum atomic E-state index is 12.3. The Bertz CT molecular complexity index is 608. The summed E-state index contributed by atoms with van der Waals surface area (Å²) < 4.78 is 0. The van der Waals surface area contributed by atoms with Crippen molar-refractivity contribution >= 4 is 17.3 Å². The summed E-state index contributed by atoms with van der Waals surface area (Å²) in [5.74, 6) is 0.0605. The van der Waals surface area contributed by atoms with E-state index in [-0.39, 0.29) is 17.8 Å². The monoisotopic (exact) mass is 303 g/mol. The van der Waals surface area contributed by atoms with Crippen LogP contribution < -0.4 is 5.32 Å². The van der Waals surface area contributed by atoms with Gasteiger partial charge in [-0.1, -0.05) is 13.3 Å². The molecular weight excluding hydrogens is 282 g/mol. The van der Waals surface area contributed by atoms with Gasteiger partial charge < -0.3 is 10.2 Å². The standard InChI is InChI=1S/C16H21N3O3/c1-4-5-10-18-15(11(2)12(3)16(18)20)17-13-6-8-14(9-7-13)19(21)22/h6-9,15,17H,4-5,10H2,1-3H3/t15-/m0/s1. The van der Waals surface area contributed by atoms with Gasteiger partial charge >= 0.3 is 0 Å². The highest BCUT2D eigenvalue weighted by Crippen LogP contribution is 2.27. The maximum absolute atomic E-state index is 12.3. The second-order valence-corrected chi connectivity index (χ2v) is 5.51. The average molecular weight is 303 g/mol. The molecule has 0 spiro atoms. The SMILES string of the molecule is CCCCN1C(=O)C(C)=C(C)[C@H]1Nc1ccc([N+](=O)[O-])cc1. The first-order valence-corrected chi connectivity index (χ1v) is 7.45. The van der Waals surface area contributed by atoms with E-state index in [0.29, 0.717) is 6.54 Å². The van der Waals surface area contributed by atoms with E-state index in [1.165, 1.54) is 12.1 Å². The van der Waals surface area contributed by atoms with Gasteiger partial charge in [0, 0.05) is 29.9 Å². The third-order valence-electron chi connectivity index (χ3n) is 4.03. The quantitative estimate of drug-likeness (QED) is 0.646. The Morgan fingerprint density at radius 1 is 1.27 bits per heavy atom. The van der Waals surface area contributed by atoms with Gasteiger partial charge in [0.25, 0.3) is 11.6 Å². The van der Waals surface area contributed by atoms with Gasteiger partial charge in [-0.05, 0) is 38.0 Å². The Morgan fingerprint density at radius 2 is 1.91 bits per heavy atom. The summed E-state index contributed by atoms with van der Waals surface area (Å²) in [6.07, 6.45) is 1.79. The molecule has 6 heteroatoms. The van der Waals surface area contributed by atoms with E-state index in [9.17, 15) is 14.9 Å². The topological polar surface area (TPSA) is 75.5 Å². The lowest BCUT2D eigenvalue weighted by molar-refractivity contribution is -0.384. The number of benzene rings is 1. The molecule has 0 radical (unpaired) electrons. The Hall–Kier alpha value is -2.37. The number of nitrogens with zero attached hydrogens (tertiary/aromatic N) is 2. The van der Waals surface area contributed by atoms with Gasteiger partial charge in [0.15, 0.2) is 0 Å². The first-order valence-electron chi connectivity index (χ1n) is 7.45. The number of nitro benzene ring substituents is 1. The molecule has 1 aliphatic heterocycles. The molecular formula is C16H21N3O3. The second kappa shape index (κ2) is 6.60. The van der Waals surface area contributed by atoms with Crippen molar-refractivity contribution in [1.29, 1.82) is 0 Å². The van der Waals surface area contributed by atoms with Crippen LogP contribution in [0.3, 0.4) is 0 Å². The molecule has 0 aromatic heterocycles. The molecule has 22 heavy (non-hydrogen) atoms. The van der Waals surface area contributed by atoms with Crippen LogP contribution in [-0.4, -0.2) is 28.4 Å². The molecule has 0 saturated heterocycles. The van der Waals surface area contributed by atoms with E-state index >= 15 is 0 Å². The van der Waals surface area contributed by atoms with Crippen molar-refractivity contribution in [2.45, 2.75) is 39.8 Å². The zero-order valence-electron chi connectivity index (χ0n) is 13.1. The summed E-state index contributed by atoms with van der Waals surface area (Å²) in [5, 5.41) is 14.0. The zero-order chi connectivity index (χ0) is 16.3. The van der Waals surface area contributed by atoms with Crippen LogP contribution in [-0.2, 0) is 4.79 Å². The first-order chi connectivity index (χ1) is 10.5. The van der Waals surface area contributed by atoms with E-state index in [4.69, 9.17) is 0 Å². The summed E-state index contributed by atoms with van der Waals surface area (Å²) in [6, 6.07) is 6.26. The van der Waals surface area contributed by atoms with E-state index in [1.807, 2.05) is 18.7 Å². The van der Waals surface area contributed by atoms with Crippen LogP contribution in [0.25, 0.3) is 0 Å². The van der Waals surface area contributed by atoms with Crippen molar-refractivity contribution in [3.8, 4) is 0 Å². The lowest BCUT2D eigenvalue weighted by Crippen LogP contribution is -2.41. The minimum atomic E-state index is -0.425. The lowest BCUT2D eigenvalue weighted by Gasteiger charge is -2.28. The Morgan fingerprint density at radius 3 is 2.45 bits per heavy atom. The first kappa shape index (κ1) is 16.0. The number of rotatable bonds is 6. The molecule has 1 N–H and O–H groups in total. The number of hydrogen-bond acceptors (Lipinski definition) is 4. The van der Waals surface area contributed by atoms with Crippen LogP contribution in [0.15, 0.2) is 35.4 Å². The third kappa shape index (κ3) is 3.10. The van der Waals surface area contributed by atoms with Crippen molar-refractivity contribution in [2.24, 2.45) is 0 Å². The molecule has 1 aromatic carbocycles. The Labute approximate surface area is 130 Å².